The van der Waals surface area contributed by atoms with Crippen LogP contribution in [0.1, 0.15) is 6.92 Å². The fourth-order valence-corrected chi connectivity index (χ4v) is 3.38. The van der Waals surface area contributed by atoms with E-state index in [2.05, 4.69) is 15.5 Å². The second-order valence-corrected chi connectivity index (χ2v) is 7.66. The molecule has 0 radical (unpaired) electrons. The Morgan fingerprint density at radius 1 is 1.22 bits per heavy atom. The summed E-state index contributed by atoms with van der Waals surface area (Å²) >= 11 is 13.0. The molecule has 0 aliphatic carbocycles. The number of nitrogens with two attached hydrogens (primary N) is 1. The number of carbonyl (C=O) groups is 1. The predicted octanol–water partition coefficient (Wildman–Crippen LogP) is 4.22. The van der Waals surface area contributed by atoms with Crippen molar-refractivity contribution in [3.8, 4) is 11.4 Å². The maximum Gasteiger partial charge on any atom is 0.237 e. The zero-order chi connectivity index (χ0) is 19.6. The Balaban J connectivity index is 1.72. The highest BCUT2D eigenvalue weighted by molar-refractivity contribution is 8.00. The van der Waals surface area contributed by atoms with Gasteiger partial charge in [0.25, 0.3) is 0 Å². The van der Waals surface area contributed by atoms with Gasteiger partial charge in [0.15, 0.2) is 5.82 Å². The number of carbonyl (C=O) groups excluding carboxylic acids is 1. The van der Waals surface area contributed by atoms with Crippen molar-refractivity contribution >= 4 is 46.6 Å². The van der Waals surface area contributed by atoms with E-state index in [4.69, 9.17) is 29.0 Å². The van der Waals surface area contributed by atoms with Gasteiger partial charge in [-0.25, -0.2) is 9.07 Å². The van der Waals surface area contributed by atoms with E-state index in [1.165, 1.54) is 22.9 Å². The lowest BCUT2D eigenvalue weighted by Gasteiger charge is -2.12. The minimum absolute atomic E-state index is 0.0702. The van der Waals surface area contributed by atoms with Crippen molar-refractivity contribution in [3.05, 3.63) is 58.3 Å². The standard InChI is InChI=1S/C17H14Cl2FN5OS/c1-9(16(26)22-10-6-7-14(20)13(19)8-10)27-17-24-23-15(25(17)21)11-4-2-3-5-12(11)18/h2-9H,21H2,1H3,(H,22,26). The number of hydrogen-bond acceptors (Lipinski definition) is 5. The first-order valence-corrected chi connectivity index (χ1v) is 9.38. The van der Waals surface area contributed by atoms with Gasteiger partial charge in [0.1, 0.15) is 5.82 Å². The van der Waals surface area contributed by atoms with Crippen molar-refractivity contribution in [2.45, 2.75) is 17.3 Å². The number of nitrogens with one attached hydrogen (secondary N) is 1. The van der Waals surface area contributed by atoms with Gasteiger partial charge in [-0.1, -0.05) is 47.1 Å². The van der Waals surface area contributed by atoms with Crippen molar-refractivity contribution in [1.82, 2.24) is 14.9 Å². The van der Waals surface area contributed by atoms with Crippen molar-refractivity contribution in [2.24, 2.45) is 0 Å². The van der Waals surface area contributed by atoms with Gasteiger partial charge in [-0.3, -0.25) is 4.79 Å². The lowest BCUT2D eigenvalue weighted by Crippen LogP contribution is -2.23. The van der Waals surface area contributed by atoms with Gasteiger partial charge in [-0.15, -0.1) is 10.2 Å². The normalized spacial score (nSPS) is 12.0. The SMILES string of the molecule is CC(Sc1nnc(-c2ccccc2Cl)n1N)C(=O)Nc1ccc(F)c(Cl)c1. The van der Waals surface area contributed by atoms with Gasteiger partial charge >= 0.3 is 0 Å². The fraction of sp³-hybridized carbons (Fsp3) is 0.118. The lowest BCUT2D eigenvalue weighted by atomic mass is 10.2. The predicted molar refractivity (Wildman–Crippen MR) is 106 cm³/mol. The summed E-state index contributed by atoms with van der Waals surface area (Å²) in [5.74, 6) is 5.58. The van der Waals surface area contributed by atoms with Gasteiger partial charge in [-0.05, 0) is 37.3 Å². The van der Waals surface area contributed by atoms with Crippen LogP contribution in [0.15, 0.2) is 47.6 Å². The van der Waals surface area contributed by atoms with Crippen LogP contribution < -0.4 is 11.2 Å². The molecular formula is C17H14Cl2FN5OS. The topological polar surface area (TPSA) is 85.8 Å². The van der Waals surface area contributed by atoms with Crippen molar-refractivity contribution in [1.29, 1.82) is 0 Å². The summed E-state index contributed by atoms with van der Waals surface area (Å²) in [4.78, 5) is 12.4. The molecule has 6 nitrogen and oxygen atoms in total. The summed E-state index contributed by atoms with van der Waals surface area (Å²) < 4.78 is 14.5. The molecular weight excluding hydrogens is 412 g/mol. The maximum absolute atomic E-state index is 13.2. The summed E-state index contributed by atoms with van der Waals surface area (Å²) in [6, 6.07) is 11.1. The molecule has 0 spiro atoms. The zero-order valence-corrected chi connectivity index (χ0v) is 16.3. The average Bonchev–Trinajstić information content (AvgIpc) is 2.99. The number of nitrogens with zero attached hydrogens (tertiary/aromatic N) is 3. The molecule has 10 heteroatoms. The Morgan fingerprint density at radius 2 is 1.96 bits per heavy atom. The molecule has 0 bridgehead atoms. The number of hydrogen-bond donors (Lipinski definition) is 2. The molecule has 1 heterocycles. The van der Waals surface area contributed by atoms with Gasteiger partial charge in [0.05, 0.1) is 15.3 Å². The van der Waals surface area contributed by atoms with Gasteiger partial charge in [-0.2, -0.15) is 0 Å². The van der Waals surface area contributed by atoms with E-state index < -0.39 is 11.1 Å². The van der Waals surface area contributed by atoms with Gasteiger partial charge in [0.2, 0.25) is 11.1 Å². The molecule has 0 aliphatic rings. The summed E-state index contributed by atoms with van der Waals surface area (Å²) in [5.41, 5.74) is 1.03. The van der Waals surface area contributed by atoms with E-state index in [9.17, 15) is 9.18 Å². The summed E-state index contributed by atoms with van der Waals surface area (Å²) in [6.07, 6.45) is 0. The molecule has 1 aromatic heterocycles. The zero-order valence-electron chi connectivity index (χ0n) is 14.0. The van der Waals surface area contributed by atoms with E-state index in [0.717, 1.165) is 11.8 Å². The number of aromatic nitrogens is 3. The quantitative estimate of drug-likeness (QED) is 0.471. The molecule has 3 aromatic rings. The van der Waals surface area contributed by atoms with Crippen molar-refractivity contribution in [2.75, 3.05) is 11.2 Å². The van der Waals surface area contributed by atoms with Crippen LogP contribution in [0.4, 0.5) is 10.1 Å². The van der Waals surface area contributed by atoms with E-state index in [1.807, 2.05) is 6.07 Å². The number of amides is 1. The van der Waals surface area contributed by atoms with Crippen LogP contribution in [0, 0.1) is 5.82 Å². The fourth-order valence-electron chi connectivity index (χ4n) is 2.21. The van der Waals surface area contributed by atoms with Crippen molar-refractivity contribution < 1.29 is 9.18 Å². The number of rotatable bonds is 5. The molecule has 1 atom stereocenters. The third-order valence-electron chi connectivity index (χ3n) is 3.62. The van der Waals surface area contributed by atoms with Crippen LogP contribution in [-0.4, -0.2) is 26.0 Å². The highest BCUT2D eigenvalue weighted by Gasteiger charge is 2.21. The van der Waals surface area contributed by atoms with Gasteiger partial charge < -0.3 is 11.2 Å². The molecule has 140 valence electrons. The van der Waals surface area contributed by atoms with Crippen LogP contribution in [0.2, 0.25) is 10.0 Å². The largest absolute Gasteiger partial charge is 0.335 e. The number of anilines is 1. The molecule has 27 heavy (non-hydrogen) atoms. The van der Waals surface area contributed by atoms with Crippen LogP contribution in [0.5, 0.6) is 0 Å². The molecule has 0 fully saturated rings. The van der Waals surface area contributed by atoms with Crippen molar-refractivity contribution in [3.63, 3.8) is 0 Å². The van der Waals surface area contributed by atoms with Crippen LogP contribution >= 0.6 is 35.0 Å². The summed E-state index contributed by atoms with van der Waals surface area (Å²) in [7, 11) is 0. The molecule has 1 unspecified atom stereocenters. The first-order chi connectivity index (χ1) is 12.9. The molecule has 0 saturated carbocycles. The minimum atomic E-state index is -0.555. The second-order valence-electron chi connectivity index (χ2n) is 5.53. The average molecular weight is 426 g/mol. The molecule has 3 rings (SSSR count). The Kier molecular flexibility index (Phi) is 5.88. The summed E-state index contributed by atoms with van der Waals surface area (Å²) in [6.45, 7) is 1.69. The van der Waals surface area contributed by atoms with E-state index in [-0.39, 0.29) is 10.9 Å². The van der Waals surface area contributed by atoms with E-state index >= 15 is 0 Å². The smallest absolute Gasteiger partial charge is 0.237 e. The highest BCUT2D eigenvalue weighted by atomic mass is 35.5. The third-order valence-corrected chi connectivity index (χ3v) is 5.29. The highest BCUT2D eigenvalue weighted by Crippen LogP contribution is 2.29. The molecule has 2 aromatic carbocycles. The Morgan fingerprint density at radius 3 is 2.67 bits per heavy atom. The van der Waals surface area contributed by atoms with E-state index in [1.54, 1.807) is 25.1 Å². The Labute approximate surface area is 168 Å². The lowest BCUT2D eigenvalue weighted by molar-refractivity contribution is -0.115. The summed E-state index contributed by atoms with van der Waals surface area (Å²) in [5, 5.41) is 11.0. The van der Waals surface area contributed by atoms with Gasteiger partial charge in [0, 0.05) is 11.3 Å². The first-order valence-electron chi connectivity index (χ1n) is 7.74. The number of nitrogen functional groups attached to an aromatic ring is 1. The third kappa shape index (κ3) is 4.35. The van der Waals surface area contributed by atoms with Crippen LogP contribution in [0.3, 0.4) is 0 Å². The Bertz CT molecular complexity index is 997. The van der Waals surface area contributed by atoms with Crippen LogP contribution in [0.25, 0.3) is 11.4 Å². The molecule has 3 N–H and O–H groups in total. The molecule has 1 amide bonds. The number of thioether (sulfide) groups is 1. The Hall–Kier alpha value is -2.29. The molecule has 0 saturated heterocycles. The van der Waals surface area contributed by atoms with Crippen LogP contribution in [-0.2, 0) is 4.79 Å². The minimum Gasteiger partial charge on any atom is -0.335 e. The first kappa shape index (κ1) is 19.5. The molecule has 0 aliphatic heterocycles. The maximum atomic E-state index is 13.2. The monoisotopic (exact) mass is 425 g/mol. The van der Waals surface area contributed by atoms with E-state index in [0.29, 0.717) is 27.3 Å². The number of benzene rings is 2. The second kappa shape index (κ2) is 8.16. The number of halogens is 3.